The zero-order valence-electron chi connectivity index (χ0n) is 21.9. The maximum Gasteiger partial charge on any atom is 0.101 e. The van der Waals surface area contributed by atoms with Crippen LogP contribution in [0.2, 0.25) is 0 Å². The van der Waals surface area contributed by atoms with Crippen molar-refractivity contribution in [1.29, 1.82) is 0 Å². The van der Waals surface area contributed by atoms with Crippen LogP contribution in [-0.4, -0.2) is 44.8 Å². The minimum Gasteiger partial charge on any atom is -0.390 e. The summed E-state index contributed by atoms with van der Waals surface area (Å²) in [4.78, 5) is 0. The molecule has 4 saturated carbocycles. The van der Waals surface area contributed by atoms with E-state index < -0.39 is 24.4 Å². The van der Waals surface area contributed by atoms with Crippen LogP contribution < -0.4 is 0 Å². The summed E-state index contributed by atoms with van der Waals surface area (Å²) in [7, 11) is 0. The van der Waals surface area contributed by atoms with E-state index in [0.717, 1.165) is 24.8 Å². The van der Waals surface area contributed by atoms with E-state index in [1.54, 1.807) is 0 Å². The molecule has 0 aromatic heterocycles. The van der Waals surface area contributed by atoms with E-state index in [-0.39, 0.29) is 22.7 Å². The SMILES string of the molecule is C/C=C(\C(C)C)[C@@H](O)[C@H](O)[C@@H](C)C1CCC2C3CC[C@H]4C[C@H](O)[C@H](O)C[C@]4(C)C3CC[C@@]21C. The van der Waals surface area contributed by atoms with Crippen molar-refractivity contribution in [3.63, 3.8) is 0 Å². The van der Waals surface area contributed by atoms with Crippen molar-refractivity contribution in [1.82, 2.24) is 0 Å². The van der Waals surface area contributed by atoms with Crippen molar-refractivity contribution in [3.8, 4) is 0 Å². The molecule has 0 spiro atoms. The van der Waals surface area contributed by atoms with Crippen molar-refractivity contribution in [2.24, 2.45) is 52.3 Å². The summed E-state index contributed by atoms with van der Waals surface area (Å²) >= 11 is 0. The van der Waals surface area contributed by atoms with Gasteiger partial charge in [-0.2, -0.15) is 0 Å². The fraction of sp³-hybridized carbons (Fsp3) is 0.931. The Bertz CT molecular complexity index is 733. The van der Waals surface area contributed by atoms with E-state index in [1.165, 1.54) is 32.1 Å². The monoisotopic (exact) mass is 462 g/mol. The van der Waals surface area contributed by atoms with E-state index in [1.807, 2.05) is 13.0 Å². The summed E-state index contributed by atoms with van der Waals surface area (Å²) < 4.78 is 0. The molecule has 12 atom stereocenters. The Labute approximate surface area is 201 Å². The first-order chi connectivity index (χ1) is 15.5. The van der Waals surface area contributed by atoms with Crippen LogP contribution in [0.15, 0.2) is 11.6 Å². The second-order valence-electron chi connectivity index (χ2n) is 13.2. The summed E-state index contributed by atoms with van der Waals surface area (Å²) in [5.74, 6) is 3.26. The smallest absolute Gasteiger partial charge is 0.101 e. The van der Waals surface area contributed by atoms with E-state index in [9.17, 15) is 20.4 Å². The Hall–Kier alpha value is -0.420. The lowest BCUT2D eigenvalue weighted by atomic mass is 9.44. The standard InChI is InChI=1S/C29H50O4/c1-7-19(16(2)3)27(33)26(32)17(4)21-10-11-22-20-9-8-18-14-24(30)25(31)15-29(18,6)23(20)12-13-28(21,22)5/h7,16-18,20-27,30-33H,8-15H2,1-6H3/b19-7+/t17-,18-,20?,21?,22?,23?,24-,25+,26+,27+,28+,29-/m0/s1. The predicted molar refractivity (Wildman–Crippen MR) is 132 cm³/mol. The quantitative estimate of drug-likeness (QED) is 0.436. The zero-order chi connectivity index (χ0) is 24.3. The van der Waals surface area contributed by atoms with Crippen molar-refractivity contribution in [2.45, 2.75) is 117 Å². The molecule has 0 aromatic carbocycles. The van der Waals surface area contributed by atoms with Gasteiger partial charge in [0.15, 0.2) is 0 Å². The molecule has 4 aliphatic carbocycles. The maximum atomic E-state index is 11.2. The number of allylic oxidation sites excluding steroid dienone is 1. The molecule has 0 aromatic rings. The summed E-state index contributed by atoms with van der Waals surface area (Å²) in [6.45, 7) is 13.2. The van der Waals surface area contributed by atoms with Crippen molar-refractivity contribution >= 4 is 0 Å². The number of rotatable bonds is 5. The van der Waals surface area contributed by atoms with Gasteiger partial charge in [-0.3, -0.25) is 0 Å². The van der Waals surface area contributed by atoms with Crippen LogP contribution >= 0.6 is 0 Å². The highest BCUT2D eigenvalue weighted by atomic mass is 16.3. The van der Waals surface area contributed by atoms with Gasteiger partial charge in [0.05, 0.1) is 18.3 Å². The number of hydrogen-bond donors (Lipinski definition) is 4. The average molecular weight is 463 g/mol. The molecule has 33 heavy (non-hydrogen) atoms. The first-order valence-corrected chi connectivity index (χ1v) is 13.8. The van der Waals surface area contributed by atoms with Gasteiger partial charge >= 0.3 is 0 Å². The van der Waals surface area contributed by atoms with Crippen LogP contribution in [0.25, 0.3) is 0 Å². The fourth-order valence-electron chi connectivity index (χ4n) is 9.75. The zero-order valence-corrected chi connectivity index (χ0v) is 21.9. The van der Waals surface area contributed by atoms with Crippen LogP contribution in [0.1, 0.15) is 92.9 Å². The summed E-state index contributed by atoms with van der Waals surface area (Å²) in [6, 6.07) is 0. The highest BCUT2D eigenvalue weighted by Crippen LogP contribution is 2.68. The largest absolute Gasteiger partial charge is 0.390 e. The topological polar surface area (TPSA) is 80.9 Å². The Morgan fingerprint density at radius 3 is 2.18 bits per heavy atom. The number of aliphatic hydroxyl groups is 4. The van der Waals surface area contributed by atoms with Gasteiger partial charge in [0.25, 0.3) is 0 Å². The molecule has 4 rings (SSSR count). The molecule has 4 aliphatic rings. The third-order valence-corrected chi connectivity index (χ3v) is 11.6. The molecule has 0 bridgehead atoms. The van der Waals surface area contributed by atoms with Crippen LogP contribution in [0, 0.1) is 52.3 Å². The Morgan fingerprint density at radius 1 is 0.879 bits per heavy atom. The van der Waals surface area contributed by atoms with E-state index in [2.05, 4.69) is 34.6 Å². The Morgan fingerprint density at radius 2 is 1.55 bits per heavy atom. The van der Waals surface area contributed by atoms with Gasteiger partial charge in [-0.1, -0.05) is 40.7 Å². The van der Waals surface area contributed by atoms with Gasteiger partial charge < -0.3 is 20.4 Å². The first-order valence-electron chi connectivity index (χ1n) is 13.8. The molecule has 0 radical (unpaired) electrons. The highest BCUT2D eigenvalue weighted by molar-refractivity contribution is 5.15. The molecule has 0 aliphatic heterocycles. The van der Waals surface area contributed by atoms with Crippen LogP contribution in [0.3, 0.4) is 0 Å². The Balaban J connectivity index is 1.53. The van der Waals surface area contributed by atoms with E-state index in [4.69, 9.17) is 0 Å². The first kappa shape index (κ1) is 25.7. The molecule has 0 saturated heterocycles. The minimum absolute atomic E-state index is 0.0684. The average Bonchev–Trinajstić information content (AvgIpc) is 3.11. The molecule has 0 heterocycles. The summed E-state index contributed by atoms with van der Waals surface area (Å²) in [5, 5.41) is 43.1. The van der Waals surface area contributed by atoms with Gasteiger partial charge in [-0.15, -0.1) is 0 Å². The van der Waals surface area contributed by atoms with Gasteiger partial charge in [0.1, 0.15) is 6.10 Å². The number of fused-ring (bicyclic) bond motifs is 5. The Kier molecular flexibility index (Phi) is 7.17. The maximum absolute atomic E-state index is 11.2. The molecule has 4 N–H and O–H groups in total. The van der Waals surface area contributed by atoms with Gasteiger partial charge in [-0.25, -0.2) is 0 Å². The third kappa shape index (κ3) is 4.05. The van der Waals surface area contributed by atoms with Crippen molar-refractivity contribution < 1.29 is 20.4 Å². The lowest BCUT2D eigenvalue weighted by Gasteiger charge is -2.61. The second-order valence-corrected chi connectivity index (χ2v) is 13.2. The number of aliphatic hydroxyl groups excluding tert-OH is 4. The molecular formula is C29H50O4. The third-order valence-electron chi connectivity index (χ3n) is 11.6. The second kappa shape index (κ2) is 9.22. The molecule has 4 unspecified atom stereocenters. The van der Waals surface area contributed by atoms with Gasteiger partial charge in [0, 0.05) is 0 Å². The van der Waals surface area contributed by atoms with Crippen molar-refractivity contribution in [3.05, 3.63) is 11.6 Å². The minimum atomic E-state index is -0.784. The molecule has 4 heteroatoms. The van der Waals surface area contributed by atoms with Crippen molar-refractivity contribution in [2.75, 3.05) is 0 Å². The van der Waals surface area contributed by atoms with Crippen LogP contribution in [-0.2, 0) is 0 Å². The lowest BCUT2D eigenvalue weighted by molar-refractivity contribution is -0.162. The summed E-state index contributed by atoms with van der Waals surface area (Å²) in [5.41, 5.74) is 1.30. The normalized spacial score (nSPS) is 48.6. The highest BCUT2D eigenvalue weighted by Gasteiger charge is 2.61. The molecule has 0 amide bonds. The number of hydrogen-bond acceptors (Lipinski definition) is 4. The lowest BCUT2D eigenvalue weighted by Crippen LogP contribution is -2.57. The molecular weight excluding hydrogens is 412 g/mol. The van der Waals surface area contributed by atoms with Gasteiger partial charge in [0.2, 0.25) is 0 Å². The van der Waals surface area contributed by atoms with Gasteiger partial charge in [-0.05, 0) is 116 Å². The molecule has 4 nitrogen and oxygen atoms in total. The van der Waals surface area contributed by atoms with Crippen LogP contribution in [0.5, 0.6) is 0 Å². The van der Waals surface area contributed by atoms with Crippen LogP contribution in [0.4, 0.5) is 0 Å². The molecule has 190 valence electrons. The van der Waals surface area contributed by atoms with E-state index >= 15 is 0 Å². The van der Waals surface area contributed by atoms with E-state index in [0.29, 0.717) is 29.6 Å². The predicted octanol–water partition coefficient (Wildman–Crippen LogP) is 4.94. The summed E-state index contributed by atoms with van der Waals surface area (Å²) in [6.07, 6.45) is 8.01. The fourth-order valence-corrected chi connectivity index (χ4v) is 9.75. The molecule has 4 fully saturated rings.